The summed E-state index contributed by atoms with van der Waals surface area (Å²) < 4.78 is 43.0. The van der Waals surface area contributed by atoms with Crippen LogP contribution in [-0.4, -0.2) is 43.0 Å². The number of esters is 1. The topological polar surface area (TPSA) is 72.8 Å². The first kappa shape index (κ1) is 13.7. The molecule has 0 heterocycles. The maximum atomic E-state index is 11.5. The van der Waals surface area contributed by atoms with E-state index in [0.717, 1.165) is 0 Å². The second-order valence-corrected chi connectivity index (χ2v) is 2.39. The second kappa shape index (κ2) is 6.23. The lowest BCUT2D eigenvalue weighted by molar-refractivity contribution is -0.200. The molecule has 0 rings (SSSR count). The summed E-state index contributed by atoms with van der Waals surface area (Å²) in [5, 5.41) is 8.15. The molecule has 0 aliphatic carbocycles. The summed E-state index contributed by atoms with van der Waals surface area (Å²) in [5.74, 6) is -3.37. The Hall–Kier alpha value is -1.31. The molecule has 0 aromatic heterocycles. The zero-order valence-electron chi connectivity index (χ0n) is 7.54. The zero-order valence-corrected chi connectivity index (χ0v) is 7.54. The maximum Gasteiger partial charge on any atom is 0.490 e. The number of carbonyl (C=O) groups excluding carboxylic acids is 1. The van der Waals surface area contributed by atoms with Gasteiger partial charge < -0.3 is 14.6 Å². The highest BCUT2D eigenvalue weighted by molar-refractivity contribution is 5.75. The standard InChI is InChI=1S/C7H9F3O5/c8-7(9,10)6(13)15-4-3-14-2-1-5(11)12/h1-4H2,(H,11,12). The molecule has 0 spiro atoms. The summed E-state index contributed by atoms with van der Waals surface area (Å²) in [4.78, 5) is 20.1. The number of carboxylic acids is 1. The van der Waals surface area contributed by atoms with E-state index in [-0.39, 0.29) is 19.6 Å². The van der Waals surface area contributed by atoms with Gasteiger partial charge in [-0.05, 0) is 0 Å². The van der Waals surface area contributed by atoms with E-state index in [1.165, 1.54) is 0 Å². The van der Waals surface area contributed by atoms with Gasteiger partial charge in [-0.15, -0.1) is 0 Å². The lowest BCUT2D eigenvalue weighted by atomic mass is 10.5. The molecule has 1 N–H and O–H groups in total. The number of halogens is 3. The Labute approximate surface area is 82.8 Å². The molecule has 0 unspecified atom stereocenters. The lowest BCUT2D eigenvalue weighted by Gasteiger charge is -2.07. The molecule has 0 aromatic carbocycles. The average Bonchev–Trinajstić information content (AvgIpc) is 2.08. The van der Waals surface area contributed by atoms with Gasteiger partial charge in [0.25, 0.3) is 0 Å². The van der Waals surface area contributed by atoms with Gasteiger partial charge in [0.05, 0.1) is 19.6 Å². The summed E-state index contributed by atoms with van der Waals surface area (Å²) in [5.41, 5.74) is 0. The van der Waals surface area contributed by atoms with Crippen molar-refractivity contribution in [2.75, 3.05) is 19.8 Å². The fourth-order valence-corrected chi connectivity index (χ4v) is 0.537. The molecule has 0 bridgehead atoms. The van der Waals surface area contributed by atoms with Gasteiger partial charge in [0.2, 0.25) is 0 Å². The molecule has 0 radical (unpaired) electrons. The Morgan fingerprint density at radius 2 is 1.73 bits per heavy atom. The molecule has 0 atom stereocenters. The van der Waals surface area contributed by atoms with Crippen LogP contribution in [0.3, 0.4) is 0 Å². The van der Waals surface area contributed by atoms with Crippen LogP contribution in [-0.2, 0) is 19.1 Å². The molecule has 0 amide bonds. The summed E-state index contributed by atoms with van der Waals surface area (Å²) in [6, 6.07) is 0. The number of carboxylic acid groups (broad SMARTS) is 1. The van der Waals surface area contributed by atoms with Crippen LogP contribution in [0.5, 0.6) is 0 Å². The highest BCUT2D eigenvalue weighted by Gasteiger charge is 2.40. The number of rotatable bonds is 6. The van der Waals surface area contributed by atoms with E-state index in [1.54, 1.807) is 0 Å². The molecule has 0 aliphatic rings. The third-order valence-corrected chi connectivity index (χ3v) is 1.15. The highest BCUT2D eigenvalue weighted by atomic mass is 19.4. The first-order chi connectivity index (χ1) is 6.84. The monoisotopic (exact) mass is 230 g/mol. The summed E-state index contributed by atoms with van der Waals surface area (Å²) in [6.07, 6.45) is -5.27. The Morgan fingerprint density at radius 3 is 2.20 bits per heavy atom. The minimum Gasteiger partial charge on any atom is -0.481 e. The second-order valence-electron chi connectivity index (χ2n) is 2.39. The van der Waals surface area contributed by atoms with Crippen LogP contribution >= 0.6 is 0 Å². The van der Waals surface area contributed by atoms with Crippen LogP contribution in [0.15, 0.2) is 0 Å². The van der Waals surface area contributed by atoms with Gasteiger partial charge >= 0.3 is 18.1 Å². The van der Waals surface area contributed by atoms with E-state index in [1.807, 2.05) is 0 Å². The van der Waals surface area contributed by atoms with Crippen LogP contribution in [0.25, 0.3) is 0 Å². The van der Waals surface area contributed by atoms with Gasteiger partial charge in [-0.3, -0.25) is 4.79 Å². The molecule has 0 fully saturated rings. The fourth-order valence-electron chi connectivity index (χ4n) is 0.537. The number of alkyl halides is 3. The van der Waals surface area contributed by atoms with Crippen molar-refractivity contribution in [1.29, 1.82) is 0 Å². The van der Waals surface area contributed by atoms with Crippen LogP contribution in [0, 0.1) is 0 Å². The predicted molar refractivity (Wildman–Crippen MR) is 40.1 cm³/mol. The Morgan fingerprint density at radius 1 is 1.13 bits per heavy atom. The molecule has 0 aliphatic heterocycles. The summed E-state index contributed by atoms with van der Waals surface area (Å²) in [6.45, 7) is -0.966. The van der Waals surface area contributed by atoms with Crippen LogP contribution < -0.4 is 0 Å². The Kier molecular flexibility index (Phi) is 5.68. The molecule has 88 valence electrons. The quantitative estimate of drug-likeness (QED) is 0.533. The van der Waals surface area contributed by atoms with E-state index in [4.69, 9.17) is 5.11 Å². The van der Waals surface area contributed by atoms with Crippen molar-refractivity contribution in [3.05, 3.63) is 0 Å². The number of hydrogen-bond acceptors (Lipinski definition) is 4. The first-order valence-corrected chi connectivity index (χ1v) is 3.87. The number of aliphatic carboxylic acids is 1. The smallest absolute Gasteiger partial charge is 0.481 e. The minimum absolute atomic E-state index is 0.140. The fraction of sp³-hybridized carbons (Fsp3) is 0.714. The molecular weight excluding hydrogens is 221 g/mol. The summed E-state index contributed by atoms with van der Waals surface area (Å²) in [7, 11) is 0. The van der Waals surface area contributed by atoms with Crippen LogP contribution in [0.1, 0.15) is 6.42 Å². The van der Waals surface area contributed by atoms with Crippen molar-refractivity contribution in [1.82, 2.24) is 0 Å². The Balaban J connectivity index is 3.40. The van der Waals surface area contributed by atoms with Crippen molar-refractivity contribution in [2.45, 2.75) is 12.6 Å². The SMILES string of the molecule is O=C(O)CCOCCOC(=O)C(F)(F)F. The van der Waals surface area contributed by atoms with Crippen molar-refractivity contribution in [2.24, 2.45) is 0 Å². The number of carbonyl (C=O) groups is 2. The van der Waals surface area contributed by atoms with Gasteiger partial charge in [0.1, 0.15) is 6.61 Å². The molecule has 0 saturated carbocycles. The van der Waals surface area contributed by atoms with E-state index in [2.05, 4.69) is 9.47 Å². The third-order valence-electron chi connectivity index (χ3n) is 1.15. The van der Waals surface area contributed by atoms with Crippen LogP contribution in [0.2, 0.25) is 0 Å². The highest BCUT2D eigenvalue weighted by Crippen LogP contribution is 2.15. The van der Waals surface area contributed by atoms with Gasteiger partial charge in [-0.2, -0.15) is 13.2 Å². The van der Waals surface area contributed by atoms with E-state index >= 15 is 0 Å². The number of ether oxygens (including phenoxy) is 2. The average molecular weight is 230 g/mol. The molecule has 5 nitrogen and oxygen atoms in total. The van der Waals surface area contributed by atoms with Gasteiger partial charge in [0, 0.05) is 0 Å². The van der Waals surface area contributed by atoms with E-state index in [9.17, 15) is 22.8 Å². The van der Waals surface area contributed by atoms with Gasteiger partial charge in [-0.25, -0.2) is 4.79 Å². The predicted octanol–water partition coefficient (Wildman–Crippen LogP) is 0.583. The third kappa shape index (κ3) is 7.74. The number of hydrogen-bond donors (Lipinski definition) is 1. The maximum absolute atomic E-state index is 11.5. The largest absolute Gasteiger partial charge is 0.490 e. The Bertz CT molecular complexity index is 225. The molecular formula is C7H9F3O5. The van der Waals surface area contributed by atoms with E-state index < -0.39 is 24.7 Å². The summed E-state index contributed by atoms with van der Waals surface area (Å²) >= 11 is 0. The molecule has 0 aromatic rings. The van der Waals surface area contributed by atoms with Gasteiger partial charge in [-0.1, -0.05) is 0 Å². The van der Waals surface area contributed by atoms with Crippen molar-refractivity contribution < 1.29 is 37.3 Å². The van der Waals surface area contributed by atoms with Crippen molar-refractivity contribution in [3.63, 3.8) is 0 Å². The van der Waals surface area contributed by atoms with Crippen molar-refractivity contribution >= 4 is 11.9 Å². The molecule has 8 heteroatoms. The molecule has 0 saturated heterocycles. The van der Waals surface area contributed by atoms with Crippen molar-refractivity contribution in [3.8, 4) is 0 Å². The van der Waals surface area contributed by atoms with Crippen LogP contribution in [0.4, 0.5) is 13.2 Å². The minimum atomic E-state index is -5.01. The zero-order chi connectivity index (χ0) is 11.9. The molecule has 15 heavy (non-hydrogen) atoms. The normalized spacial score (nSPS) is 11.1. The first-order valence-electron chi connectivity index (χ1n) is 3.87. The van der Waals surface area contributed by atoms with E-state index in [0.29, 0.717) is 0 Å². The van der Waals surface area contributed by atoms with Gasteiger partial charge in [0.15, 0.2) is 0 Å². The lowest BCUT2D eigenvalue weighted by Crippen LogP contribution is -2.26.